The molecule has 9 heteroatoms. The van der Waals surface area contributed by atoms with Gasteiger partial charge in [0.15, 0.2) is 17.5 Å². The maximum absolute atomic E-state index is 13.5. The first-order valence-corrected chi connectivity index (χ1v) is 9.67. The fourth-order valence-corrected chi connectivity index (χ4v) is 2.49. The molecule has 2 rings (SSSR count). The summed E-state index contributed by atoms with van der Waals surface area (Å²) in [5.74, 6) is -1.06. The van der Waals surface area contributed by atoms with Crippen LogP contribution in [0.5, 0.6) is 11.5 Å². The van der Waals surface area contributed by atoms with E-state index in [1.165, 1.54) is 18.2 Å². The van der Waals surface area contributed by atoms with Crippen LogP contribution in [0.15, 0.2) is 47.5 Å². The van der Waals surface area contributed by atoms with Crippen LogP contribution in [0.25, 0.3) is 0 Å². The topological polar surface area (TPSA) is 95.0 Å². The molecule has 7 nitrogen and oxygen atoms in total. The van der Waals surface area contributed by atoms with Crippen LogP contribution < -0.4 is 20.7 Å². The van der Waals surface area contributed by atoms with E-state index in [0.717, 1.165) is 12.1 Å². The Kier molecular flexibility index (Phi) is 9.36. The summed E-state index contributed by atoms with van der Waals surface area (Å²) in [7, 11) is 0. The summed E-state index contributed by atoms with van der Waals surface area (Å²) in [6.07, 6.45) is 0.623. The van der Waals surface area contributed by atoms with Crippen molar-refractivity contribution in [2.75, 3.05) is 32.8 Å². The number of aromatic hydroxyl groups is 1. The van der Waals surface area contributed by atoms with E-state index in [0.29, 0.717) is 44.1 Å². The highest BCUT2D eigenvalue weighted by Gasteiger charge is 2.06. The van der Waals surface area contributed by atoms with Crippen LogP contribution in [0.1, 0.15) is 23.7 Å². The van der Waals surface area contributed by atoms with Crippen LogP contribution in [0.3, 0.4) is 0 Å². The van der Waals surface area contributed by atoms with Crippen molar-refractivity contribution in [2.24, 2.45) is 4.99 Å². The van der Waals surface area contributed by atoms with Gasteiger partial charge in [-0.1, -0.05) is 6.07 Å². The normalized spacial score (nSPS) is 11.1. The standard InChI is InChI=1S/C21H26F2N4O3/c1-2-24-21(27-11-12-30-19-8-7-16(22)14-18(19)23)26-10-4-9-25-20(29)15-5-3-6-17(28)13-15/h3,5-8,13-14,28H,2,4,9-12H2,1H3,(H,25,29)(H2,24,26,27). The SMILES string of the molecule is CCNC(=NCCCNC(=O)c1cccc(O)c1)NCCOc1ccc(F)cc1F. The number of carbonyl (C=O) groups excluding carboxylic acids is 1. The zero-order valence-electron chi connectivity index (χ0n) is 16.8. The summed E-state index contributed by atoms with van der Waals surface area (Å²) in [5.41, 5.74) is 0.395. The van der Waals surface area contributed by atoms with Crippen LogP contribution >= 0.6 is 0 Å². The number of hydrogen-bond donors (Lipinski definition) is 4. The molecule has 0 unspecified atom stereocenters. The number of ether oxygens (including phenoxy) is 1. The van der Waals surface area contributed by atoms with E-state index in [1.54, 1.807) is 12.1 Å². The van der Waals surface area contributed by atoms with E-state index < -0.39 is 11.6 Å². The molecule has 0 aliphatic rings. The van der Waals surface area contributed by atoms with Gasteiger partial charge in [-0.15, -0.1) is 0 Å². The molecule has 0 saturated carbocycles. The minimum absolute atomic E-state index is 0.0115. The molecule has 162 valence electrons. The Morgan fingerprint density at radius 2 is 1.93 bits per heavy atom. The van der Waals surface area contributed by atoms with Crippen LogP contribution in [-0.4, -0.2) is 49.8 Å². The molecule has 1 amide bonds. The van der Waals surface area contributed by atoms with E-state index in [4.69, 9.17) is 4.74 Å². The molecule has 0 fully saturated rings. The van der Waals surface area contributed by atoms with Gasteiger partial charge in [0.2, 0.25) is 0 Å². The number of hydrogen-bond acceptors (Lipinski definition) is 4. The highest BCUT2D eigenvalue weighted by atomic mass is 19.1. The van der Waals surface area contributed by atoms with Crippen molar-refractivity contribution in [3.8, 4) is 11.5 Å². The van der Waals surface area contributed by atoms with E-state index >= 15 is 0 Å². The molecule has 0 aliphatic carbocycles. The van der Waals surface area contributed by atoms with Crippen molar-refractivity contribution in [2.45, 2.75) is 13.3 Å². The second-order valence-corrected chi connectivity index (χ2v) is 6.27. The number of amides is 1. The van der Waals surface area contributed by atoms with Gasteiger partial charge in [0, 0.05) is 31.3 Å². The maximum atomic E-state index is 13.5. The summed E-state index contributed by atoms with van der Waals surface area (Å²) in [4.78, 5) is 16.4. The van der Waals surface area contributed by atoms with E-state index in [9.17, 15) is 18.7 Å². The van der Waals surface area contributed by atoms with Gasteiger partial charge >= 0.3 is 0 Å². The van der Waals surface area contributed by atoms with Gasteiger partial charge < -0.3 is 25.8 Å². The zero-order chi connectivity index (χ0) is 21.8. The molecule has 30 heavy (non-hydrogen) atoms. The molecular weight excluding hydrogens is 394 g/mol. The molecule has 0 saturated heterocycles. The van der Waals surface area contributed by atoms with Gasteiger partial charge in [-0.3, -0.25) is 9.79 Å². The lowest BCUT2D eigenvalue weighted by Gasteiger charge is -2.12. The van der Waals surface area contributed by atoms with Crippen molar-refractivity contribution >= 4 is 11.9 Å². The summed E-state index contributed by atoms with van der Waals surface area (Å²) >= 11 is 0. The highest BCUT2D eigenvalue weighted by Crippen LogP contribution is 2.17. The van der Waals surface area contributed by atoms with Crippen LogP contribution in [-0.2, 0) is 0 Å². The Morgan fingerprint density at radius 1 is 1.10 bits per heavy atom. The lowest BCUT2D eigenvalue weighted by Crippen LogP contribution is -2.39. The fourth-order valence-electron chi connectivity index (χ4n) is 2.49. The monoisotopic (exact) mass is 420 g/mol. The Labute approximate surface area is 174 Å². The molecule has 4 N–H and O–H groups in total. The van der Waals surface area contributed by atoms with Crippen molar-refractivity contribution in [3.63, 3.8) is 0 Å². The fraction of sp³-hybridized carbons (Fsp3) is 0.333. The van der Waals surface area contributed by atoms with Gasteiger partial charge in [0.1, 0.15) is 18.2 Å². The Balaban J connectivity index is 1.68. The molecule has 0 radical (unpaired) electrons. The second-order valence-electron chi connectivity index (χ2n) is 6.27. The number of nitrogens with zero attached hydrogens (tertiary/aromatic N) is 1. The number of aliphatic imine (C=N–C) groups is 1. The van der Waals surface area contributed by atoms with Gasteiger partial charge in [0.05, 0.1) is 6.54 Å². The van der Waals surface area contributed by atoms with Gasteiger partial charge in [-0.25, -0.2) is 8.78 Å². The van der Waals surface area contributed by atoms with Crippen molar-refractivity contribution in [3.05, 3.63) is 59.7 Å². The van der Waals surface area contributed by atoms with Gasteiger partial charge in [-0.05, 0) is 43.7 Å². The molecule has 0 bridgehead atoms. The largest absolute Gasteiger partial charge is 0.508 e. The van der Waals surface area contributed by atoms with Crippen molar-refractivity contribution in [1.82, 2.24) is 16.0 Å². The summed E-state index contributed by atoms with van der Waals surface area (Å²) in [6, 6.07) is 9.29. The molecule has 0 aromatic heterocycles. The average molecular weight is 420 g/mol. The number of nitrogens with one attached hydrogen (secondary N) is 3. The minimum Gasteiger partial charge on any atom is -0.508 e. The minimum atomic E-state index is -0.747. The number of benzene rings is 2. The molecule has 0 atom stereocenters. The number of rotatable bonds is 10. The number of guanidine groups is 1. The second kappa shape index (κ2) is 12.3. The van der Waals surface area contributed by atoms with E-state index in [1.807, 2.05) is 6.92 Å². The number of halogens is 2. The quantitative estimate of drug-likeness (QED) is 0.269. The highest BCUT2D eigenvalue weighted by molar-refractivity contribution is 5.94. The molecule has 0 aliphatic heterocycles. The maximum Gasteiger partial charge on any atom is 0.251 e. The predicted octanol–water partition coefficient (Wildman–Crippen LogP) is 2.42. The third kappa shape index (κ3) is 7.94. The lowest BCUT2D eigenvalue weighted by atomic mass is 10.2. The van der Waals surface area contributed by atoms with Gasteiger partial charge in [-0.2, -0.15) is 0 Å². The first-order chi connectivity index (χ1) is 14.5. The molecule has 2 aromatic carbocycles. The van der Waals surface area contributed by atoms with Crippen LogP contribution in [0.2, 0.25) is 0 Å². The zero-order valence-corrected chi connectivity index (χ0v) is 16.8. The van der Waals surface area contributed by atoms with Crippen LogP contribution in [0.4, 0.5) is 8.78 Å². The predicted molar refractivity (Wildman–Crippen MR) is 111 cm³/mol. The molecule has 2 aromatic rings. The smallest absolute Gasteiger partial charge is 0.251 e. The third-order valence-corrected chi connectivity index (χ3v) is 3.89. The van der Waals surface area contributed by atoms with E-state index in [2.05, 4.69) is 20.9 Å². The molecule has 0 spiro atoms. The first kappa shape index (κ1) is 22.9. The Hall–Kier alpha value is -3.36. The van der Waals surface area contributed by atoms with Gasteiger partial charge in [0.25, 0.3) is 5.91 Å². The molecular formula is C21H26F2N4O3. The summed E-state index contributed by atoms with van der Waals surface area (Å²) in [6.45, 7) is 4.04. The summed E-state index contributed by atoms with van der Waals surface area (Å²) < 4.78 is 31.7. The van der Waals surface area contributed by atoms with E-state index in [-0.39, 0.29) is 24.0 Å². The Bertz CT molecular complexity index is 862. The van der Waals surface area contributed by atoms with Crippen LogP contribution in [0, 0.1) is 11.6 Å². The average Bonchev–Trinajstić information content (AvgIpc) is 2.72. The number of carbonyl (C=O) groups is 1. The van der Waals surface area contributed by atoms with Crippen molar-refractivity contribution < 1.29 is 23.4 Å². The van der Waals surface area contributed by atoms with Crippen molar-refractivity contribution in [1.29, 1.82) is 0 Å². The first-order valence-electron chi connectivity index (χ1n) is 9.67. The molecule has 0 heterocycles. The number of phenolic OH excluding ortho intramolecular Hbond substituents is 1. The summed E-state index contributed by atoms with van der Waals surface area (Å²) in [5, 5.41) is 18.3. The lowest BCUT2D eigenvalue weighted by molar-refractivity contribution is 0.0953. The number of phenols is 1. The Morgan fingerprint density at radius 3 is 2.67 bits per heavy atom. The third-order valence-electron chi connectivity index (χ3n) is 3.89.